The number of hydrogen-bond donors (Lipinski definition) is 2. The zero-order chi connectivity index (χ0) is 9.61. The highest BCUT2D eigenvalue weighted by atomic mass is 15.4. The lowest BCUT2D eigenvalue weighted by atomic mass is 10.3. The monoisotopic (exact) mass is 173 g/mol. The van der Waals surface area contributed by atoms with E-state index in [1.807, 2.05) is 0 Å². The van der Waals surface area contributed by atoms with Crippen molar-refractivity contribution in [1.29, 1.82) is 0 Å². The van der Waals surface area contributed by atoms with Crippen LogP contribution in [0.15, 0.2) is 4.99 Å². The number of hydrogen-bond acceptors (Lipinski definition) is 1. The highest BCUT2D eigenvalue weighted by Crippen LogP contribution is 2.02. The number of guanidine groups is 1. The minimum absolute atomic E-state index is 0.184. The lowest BCUT2D eigenvalue weighted by Gasteiger charge is -2.30. The highest BCUT2D eigenvalue weighted by molar-refractivity contribution is 5.75. The molecular weight excluding hydrogens is 152 g/mol. The van der Waals surface area contributed by atoms with Gasteiger partial charge in [0, 0.05) is 0 Å². The van der Waals surface area contributed by atoms with Crippen molar-refractivity contribution in [2.24, 2.45) is 16.5 Å². The molecule has 4 nitrogen and oxygen atoms in total. The third-order valence-electron chi connectivity index (χ3n) is 2.12. The Morgan fingerprint density at radius 2 is 1.92 bits per heavy atom. The van der Waals surface area contributed by atoms with Crippen LogP contribution in [0.1, 0.15) is 20.3 Å². The molecule has 0 aliphatic carbocycles. The van der Waals surface area contributed by atoms with Gasteiger partial charge in [-0.05, 0) is 13.3 Å². The first-order valence-corrected chi connectivity index (χ1v) is 4.43. The van der Waals surface area contributed by atoms with E-state index in [4.69, 9.17) is 11.5 Å². The van der Waals surface area contributed by atoms with Crippen LogP contribution in [0.3, 0.4) is 0 Å². The van der Waals surface area contributed by atoms with E-state index in [1.165, 1.54) is 0 Å². The lowest BCUT2D eigenvalue weighted by Crippen LogP contribution is -2.45. The molecule has 0 aromatic carbocycles. The molecule has 1 unspecified atom stereocenters. The molecule has 0 aliphatic rings. The number of rotatable bonds is 5. The van der Waals surface area contributed by atoms with Gasteiger partial charge in [-0.15, -0.1) is 0 Å². The van der Waals surface area contributed by atoms with Gasteiger partial charge in [0.05, 0.1) is 20.1 Å². The Hall–Kier alpha value is -0.770. The predicted octanol–water partition coefficient (Wildman–Crippen LogP) is 0.0938. The molecule has 0 saturated carbocycles. The summed E-state index contributed by atoms with van der Waals surface area (Å²) in [5.74, 6) is 0.184. The molecule has 0 fully saturated rings. The van der Waals surface area contributed by atoms with Crippen LogP contribution in [-0.2, 0) is 0 Å². The van der Waals surface area contributed by atoms with Crippen LogP contribution in [0.5, 0.6) is 0 Å². The molecule has 0 spiro atoms. The number of nitrogens with two attached hydrogens (primary N) is 2. The third-order valence-corrected chi connectivity index (χ3v) is 2.12. The maximum Gasteiger partial charge on any atom is 0.190 e. The first-order chi connectivity index (χ1) is 5.54. The van der Waals surface area contributed by atoms with Gasteiger partial charge in [-0.3, -0.25) is 0 Å². The predicted molar refractivity (Wildman–Crippen MR) is 52.6 cm³/mol. The molecule has 0 heterocycles. The van der Waals surface area contributed by atoms with E-state index in [-0.39, 0.29) is 5.96 Å². The molecule has 72 valence electrons. The smallest absolute Gasteiger partial charge is 0.190 e. The van der Waals surface area contributed by atoms with Gasteiger partial charge in [-0.1, -0.05) is 6.92 Å². The molecule has 0 radical (unpaired) electrons. The second-order valence-electron chi connectivity index (χ2n) is 3.38. The summed E-state index contributed by atoms with van der Waals surface area (Å²) in [7, 11) is 2.16. The molecule has 1 atom stereocenters. The number of nitrogens with zero attached hydrogens (tertiary/aromatic N) is 2. The van der Waals surface area contributed by atoms with Gasteiger partial charge in [-0.2, -0.15) is 4.99 Å². The van der Waals surface area contributed by atoms with E-state index in [2.05, 4.69) is 25.9 Å². The lowest BCUT2D eigenvalue weighted by molar-refractivity contribution is -0.907. The molecule has 0 aromatic rings. The van der Waals surface area contributed by atoms with Crippen molar-refractivity contribution in [3.63, 3.8) is 0 Å². The first-order valence-electron chi connectivity index (χ1n) is 4.43. The largest absolute Gasteiger partial charge is 0.370 e. The van der Waals surface area contributed by atoms with Gasteiger partial charge in [0.15, 0.2) is 12.6 Å². The summed E-state index contributed by atoms with van der Waals surface area (Å²) in [6, 6.07) is 0. The van der Waals surface area contributed by atoms with Crippen molar-refractivity contribution in [1.82, 2.24) is 0 Å². The third kappa shape index (κ3) is 4.18. The molecule has 4 heteroatoms. The van der Waals surface area contributed by atoms with Crippen LogP contribution >= 0.6 is 0 Å². The second kappa shape index (κ2) is 4.98. The average molecular weight is 173 g/mol. The van der Waals surface area contributed by atoms with Crippen LogP contribution in [0.2, 0.25) is 0 Å². The van der Waals surface area contributed by atoms with Crippen molar-refractivity contribution in [2.45, 2.75) is 20.3 Å². The maximum atomic E-state index is 5.27. The molecule has 0 amide bonds. The van der Waals surface area contributed by atoms with E-state index in [0.29, 0.717) is 6.67 Å². The maximum absolute atomic E-state index is 5.27. The molecule has 0 saturated heterocycles. The normalized spacial score (nSPS) is 15.2. The summed E-state index contributed by atoms with van der Waals surface area (Å²) in [5, 5.41) is 0. The Balaban J connectivity index is 4.04. The van der Waals surface area contributed by atoms with Crippen molar-refractivity contribution in [2.75, 3.05) is 26.8 Å². The molecule has 12 heavy (non-hydrogen) atoms. The SMILES string of the molecule is CCC[N+](C)(CC)CN=C(N)N. The fraction of sp³-hybridized carbons (Fsp3) is 0.875. The minimum Gasteiger partial charge on any atom is -0.370 e. The van der Waals surface area contributed by atoms with Gasteiger partial charge >= 0.3 is 0 Å². The molecule has 0 aliphatic heterocycles. The van der Waals surface area contributed by atoms with Crippen molar-refractivity contribution in [3.05, 3.63) is 0 Å². The molecule has 0 bridgehead atoms. The van der Waals surface area contributed by atoms with E-state index < -0.39 is 0 Å². The van der Waals surface area contributed by atoms with Crippen molar-refractivity contribution >= 4 is 5.96 Å². The highest BCUT2D eigenvalue weighted by Gasteiger charge is 2.16. The first kappa shape index (κ1) is 11.2. The summed E-state index contributed by atoms with van der Waals surface area (Å²) in [5.41, 5.74) is 10.5. The Bertz CT molecular complexity index is 151. The molecular formula is C8H21N4+. The van der Waals surface area contributed by atoms with Crippen molar-refractivity contribution in [3.8, 4) is 0 Å². The number of aliphatic imine (C=N–C) groups is 1. The fourth-order valence-electron chi connectivity index (χ4n) is 1.12. The Labute approximate surface area is 74.8 Å². The zero-order valence-electron chi connectivity index (χ0n) is 8.38. The zero-order valence-corrected chi connectivity index (χ0v) is 8.38. The van der Waals surface area contributed by atoms with E-state index >= 15 is 0 Å². The van der Waals surface area contributed by atoms with Crippen LogP contribution in [0, 0.1) is 0 Å². The summed E-state index contributed by atoms with van der Waals surface area (Å²) in [4.78, 5) is 4.03. The van der Waals surface area contributed by atoms with Gasteiger partial charge in [0.1, 0.15) is 0 Å². The Morgan fingerprint density at radius 1 is 1.33 bits per heavy atom. The quantitative estimate of drug-likeness (QED) is 0.352. The summed E-state index contributed by atoms with van der Waals surface area (Å²) >= 11 is 0. The van der Waals surface area contributed by atoms with Crippen molar-refractivity contribution < 1.29 is 4.48 Å². The molecule has 0 aromatic heterocycles. The Morgan fingerprint density at radius 3 is 2.25 bits per heavy atom. The van der Waals surface area contributed by atoms with Gasteiger partial charge in [0.25, 0.3) is 0 Å². The topological polar surface area (TPSA) is 64.4 Å². The summed E-state index contributed by atoms with van der Waals surface area (Å²) in [6.07, 6.45) is 1.16. The second-order valence-corrected chi connectivity index (χ2v) is 3.38. The van der Waals surface area contributed by atoms with Crippen LogP contribution < -0.4 is 11.5 Å². The van der Waals surface area contributed by atoms with Crippen LogP contribution in [0.25, 0.3) is 0 Å². The standard InChI is InChI=1S/C8H21N4/c1-4-6-12(3,5-2)7-11-8(9)10/h4-7H2,1-3H3,(H4,9,10,11)/q+1. The average Bonchev–Trinajstić information content (AvgIpc) is 2.02. The van der Waals surface area contributed by atoms with Gasteiger partial charge < -0.3 is 16.0 Å². The fourth-order valence-corrected chi connectivity index (χ4v) is 1.12. The van der Waals surface area contributed by atoms with Gasteiger partial charge in [-0.25, -0.2) is 0 Å². The number of quaternary nitrogens is 1. The van der Waals surface area contributed by atoms with E-state index in [1.54, 1.807) is 0 Å². The molecule has 0 rings (SSSR count). The van der Waals surface area contributed by atoms with Crippen LogP contribution in [-0.4, -0.2) is 37.2 Å². The Kier molecular flexibility index (Phi) is 4.66. The summed E-state index contributed by atoms with van der Waals surface area (Å²) < 4.78 is 0.911. The van der Waals surface area contributed by atoms with E-state index in [0.717, 1.165) is 24.0 Å². The summed E-state index contributed by atoms with van der Waals surface area (Å²) in [6.45, 7) is 7.18. The minimum atomic E-state index is 0.184. The van der Waals surface area contributed by atoms with Gasteiger partial charge in [0.2, 0.25) is 0 Å². The molecule has 4 N–H and O–H groups in total. The van der Waals surface area contributed by atoms with E-state index in [9.17, 15) is 0 Å². The van der Waals surface area contributed by atoms with Crippen LogP contribution in [0.4, 0.5) is 0 Å².